The van der Waals surface area contributed by atoms with Crippen molar-refractivity contribution in [2.24, 2.45) is 5.73 Å². The van der Waals surface area contributed by atoms with Gasteiger partial charge in [0.2, 0.25) is 0 Å². The Morgan fingerprint density at radius 1 is 0.905 bits per heavy atom. The molecular formula is C18H23NO2. The number of benzene rings is 2. The second-order valence-electron chi connectivity index (χ2n) is 5.25. The number of rotatable bonds is 7. The maximum atomic E-state index is 5.81. The number of hydrogen-bond acceptors (Lipinski definition) is 3. The first-order chi connectivity index (χ1) is 10.2. The van der Waals surface area contributed by atoms with Crippen molar-refractivity contribution in [3.8, 4) is 17.2 Å². The van der Waals surface area contributed by atoms with Crippen molar-refractivity contribution < 1.29 is 9.47 Å². The van der Waals surface area contributed by atoms with E-state index >= 15 is 0 Å². The average Bonchev–Trinajstić information content (AvgIpc) is 2.48. The van der Waals surface area contributed by atoms with Crippen LogP contribution in [0, 0.1) is 0 Å². The lowest BCUT2D eigenvalue weighted by atomic mass is 10.1. The van der Waals surface area contributed by atoms with Crippen LogP contribution in [0.25, 0.3) is 0 Å². The summed E-state index contributed by atoms with van der Waals surface area (Å²) < 4.78 is 11.4. The number of nitrogens with two attached hydrogens (primary N) is 1. The third-order valence-electron chi connectivity index (χ3n) is 3.01. The minimum absolute atomic E-state index is 0.174. The molecule has 0 aromatic heterocycles. The van der Waals surface area contributed by atoms with Gasteiger partial charge in [0.1, 0.15) is 17.2 Å². The lowest BCUT2D eigenvalue weighted by molar-refractivity contribution is 0.317. The molecular weight excluding hydrogens is 262 g/mol. The van der Waals surface area contributed by atoms with Gasteiger partial charge in [-0.3, -0.25) is 0 Å². The van der Waals surface area contributed by atoms with Crippen LogP contribution >= 0.6 is 0 Å². The molecule has 0 aliphatic rings. The predicted molar refractivity (Wildman–Crippen MR) is 86.1 cm³/mol. The summed E-state index contributed by atoms with van der Waals surface area (Å²) in [5, 5.41) is 0. The maximum absolute atomic E-state index is 5.81. The predicted octanol–water partition coefficient (Wildman–Crippen LogP) is 4.16. The van der Waals surface area contributed by atoms with Gasteiger partial charge in [0.25, 0.3) is 0 Å². The topological polar surface area (TPSA) is 44.5 Å². The van der Waals surface area contributed by atoms with Crippen molar-refractivity contribution in [1.82, 2.24) is 0 Å². The van der Waals surface area contributed by atoms with Gasteiger partial charge in [0, 0.05) is 6.04 Å². The zero-order chi connectivity index (χ0) is 15.1. The van der Waals surface area contributed by atoms with Crippen LogP contribution in [0.15, 0.2) is 48.5 Å². The Labute approximate surface area is 126 Å². The number of ether oxygens (including phenoxy) is 2. The van der Waals surface area contributed by atoms with E-state index in [2.05, 4.69) is 19.1 Å². The van der Waals surface area contributed by atoms with Crippen molar-refractivity contribution in [3.63, 3.8) is 0 Å². The van der Waals surface area contributed by atoms with E-state index < -0.39 is 0 Å². The van der Waals surface area contributed by atoms with Gasteiger partial charge in [-0.1, -0.05) is 19.1 Å². The molecule has 3 nitrogen and oxygen atoms in total. The Hall–Kier alpha value is -2.00. The summed E-state index contributed by atoms with van der Waals surface area (Å²) in [6.45, 7) is 4.83. The van der Waals surface area contributed by atoms with Gasteiger partial charge in [0.05, 0.1) is 6.61 Å². The highest BCUT2D eigenvalue weighted by Crippen LogP contribution is 2.24. The van der Waals surface area contributed by atoms with Crippen molar-refractivity contribution in [1.29, 1.82) is 0 Å². The highest BCUT2D eigenvalue weighted by atomic mass is 16.5. The van der Waals surface area contributed by atoms with Crippen molar-refractivity contribution in [2.45, 2.75) is 32.7 Å². The fraction of sp³-hybridized carbons (Fsp3) is 0.333. The minimum Gasteiger partial charge on any atom is -0.494 e. The molecule has 2 aromatic carbocycles. The van der Waals surface area contributed by atoms with E-state index in [1.54, 1.807) is 0 Å². The van der Waals surface area contributed by atoms with E-state index in [0.29, 0.717) is 0 Å². The van der Waals surface area contributed by atoms with Crippen LogP contribution < -0.4 is 15.2 Å². The quantitative estimate of drug-likeness (QED) is 0.831. The molecule has 112 valence electrons. The van der Waals surface area contributed by atoms with Crippen LogP contribution in [0.1, 0.15) is 25.8 Å². The normalized spacial score (nSPS) is 12.0. The van der Waals surface area contributed by atoms with Crippen LogP contribution in [-0.2, 0) is 6.42 Å². The first-order valence-electron chi connectivity index (χ1n) is 7.42. The van der Waals surface area contributed by atoms with Crippen molar-refractivity contribution >= 4 is 0 Å². The molecule has 2 N–H and O–H groups in total. The standard InChI is InChI=1S/C18H23NO2/c1-3-12-20-16-8-10-18(11-9-16)21-17-6-4-15(5-7-17)13-14(2)19/h4-11,14H,3,12-13,19H2,1-2H3. The summed E-state index contributed by atoms with van der Waals surface area (Å²) in [7, 11) is 0. The molecule has 0 aliphatic heterocycles. The first kappa shape index (κ1) is 15.4. The summed E-state index contributed by atoms with van der Waals surface area (Å²) in [5.41, 5.74) is 7.01. The molecule has 0 amide bonds. The Kier molecular flexibility index (Phi) is 5.64. The van der Waals surface area contributed by atoms with E-state index in [4.69, 9.17) is 15.2 Å². The largest absolute Gasteiger partial charge is 0.494 e. The monoisotopic (exact) mass is 285 g/mol. The van der Waals surface area contributed by atoms with Gasteiger partial charge in [0.15, 0.2) is 0 Å². The second kappa shape index (κ2) is 7.70. The molecule has 2 rings (SSSR count). The average molecular weight is 285 g/mol. The van der Waals surface area contributed by atoms with Gasteiger partial charge in [-0.05, 0) is 61.7 Å². The van der Waals surface area contributed by atoms with Crippen LogP contribution in [-0.4, -0.2) is 12.6 Å². The third-order valence-corrected chi connectivity index (χ3v) is 3.01. The summed E-state index contributed by atoms with van der Waals surface area (Å²) in [4.78, 5) is 0. The molecule has 0 fully saturated rings. The van der Waals surface area contributed by atoms with Gasteiger partial charge < -0.3 is 15.2 Å². The van der Waals surface area contributed by atoms with E-state index in [0.717, 1.165) is 36.7 Å². The SMILES string of the molecule is CCCOc1ccc(Oc2ccc(CC(C)N)cc2)cc1. The van der Waals surface area contributed by atoms with Gasteiger partial charge >= 0.3 is 0 Å². The van der Waals surface area contributed by atoms with Crippen molar-refractivity contribution in [3.05, 3.63) is 54.1 Å². The first-order valence-corrected chi connectivity index (χ1v) is 7.42. The summed E-state index contributed by atoms with van der Waals surface area (Å²) in [6.07, 6.45) is 1.88. The molecule has 0 aliphatic carbocycles. The lowest BCUT2D eigenvalue weighted by Gasteiger charge is -2.09. The van der Waals surface area contributed by atoms with E-state index in [-0.39, 0.29) is 6.04 Å². The maximum Gasteiger partial charge on any atom is 0.127 e. The molecule has 0 radical (unpaired) electrons. The molecule has 0 heterocycles. The zero-order valence-corrected chi connectivity index (χ0v) is 12.7. The Morgan fingerprint density at radius 2 is 1.43 bits per heavy atom. The van der Waals surface area contributed by atoms with Crippen LogP contribution in [0.4, 0.5) is 0 Å². The Morgan fingerprint density at radius 3 is 1.95 bits per heavy atom. The fourth-order valence-corrected chi connectivity index (χ4v) is 2.03. The van der Waals surface area contributed by atoms with Gasteiger partial charge in [-0.2, -0.15) is 0 Å². The summed E-state index contributed by atoms with van der Waals surface area (Å²) in [5.74, 6) is 2.50. The van der Waals surface area contributed by atoms with Gasteiger partial charge in [-0.15, -0.1) is 0 Å². The fourth-order valence-electron chi connectivity index (χ4n) is 2.03. The highest BCUT2D eigenvalue weighted by molar-refractivity contribution is 5.36. The number of hydrogen-bond donors (Lipinski definition) is 1. The summed E-state index contributed by atoms with van der Waals surface area (Å²) in [6, 6.07) is 15.9. The molecule has 0 saturated heterocycles. The molecule has 1 atom stereocenters. The third kappa shape index (κ3) is 5.12. The van der Waals surface area contributed by atoms with E-state index in [9.17, 15) is 0 Å². The highest BCUT2D eigenvalue weighted by Gasteiger charge is 2.01. The Bertz CT molecular complexity index is 532. The summed E-state index contributed by atoms with van der Waals surface area (Å²) >= 11 is 0. The second-order valence-corrected chi connectivity index (χ2v) is 5.25. The van der Waals surface area contributed by atoms with Gasteiger partial charge in [-0.25, -0.2) is 0 Å². The smallest absolute Gasteiger partial charge is 0.127 e. The minimum atomic E-state index is 0.174. The van der Waals surface area contributed by atoms with E-state index in [1.165, 1.54) is 5.56 Å². The van der Waals surface area contributed by atoms with Crippen LogP contribution in [0.5, 0.6) is 17.2 Å². The molecule has 0 spiro atoms. The molecule has 0 saturated carbocycles. The van der Waals surface area contributed by atoms with Crippen LogP contribution in [0.3, 0.4) is 0 Å². The van der Waals surface area contributed by atoms with Crippen molar-refractivity contribution in [2.75, 3.05) is 6.61 Å². The molecule has 21 heavy (non-hydrogen) atoms. The molecule has 0 bridgehead atoms. The molecule has 2 aromatic rings. The van der Waals surface area contributed by atoms with E-state index in [1.807, 2.05) is 43.3 Å². The lowest BCUT2D eigenvalue weighted by Crippen LogP contribution is -2.17. The zero-order valence-electron chi connectivity index (χ0n) is 12.7. The molecule has 1 unspecified atom stereocenters. The van der Waals surface area contributed by atoms with Crippen LogP contribution in [0.2, 0.25) is 0 Å². The molecule has 3 heteroatoms. The Balaban J connectivity index is 1.94.